The Morgan fingerprint density at radius 3 is 2.68 bits per heavy atom. The van der Waals surface area contributed by atoms with E-state index in [0.29, 0.717) is 17.5 Å². The van der Waals surface area contributed by atoms with Gasteiger partial charge in [-0.1, -0.05) is 39.0 Å². The highest BCUT2D eigenvalue weighted by Crippen LogP contribution is 2.24. The molecule has 0 bridgehead atoms. The lowest BCUT2D eigenvalue weighted by Gasteiger charge is -2.21. The molecule has 0 aliphatic rings. The fourth-order valence-electron chi connectivity index (χ4n) is 2.38. The molecule has 8 heteroatoms. The molecule has 1 unspecified atom stereocenters. The van der Waals surface area contributed by atoms with Gasteiger partial charge in [-0.2, -0.15) is 16.7 Å². The molecule has 1 aromatic carbocycles. The molecule has 0 radical (unpaired) electrons. The van der Waals surface area contributed by atoms with E-state index >= 15 is 0 Å². The number of aromatic nitrogens is 4. The Labute approximate surface area is 169 Å². The van der Waals surface area contributed by atoms with Gasteiger partial charge in [-0.3, -0.25) is 0 Å². The van der Waals surface area contributed by atoms with Gasteiger partial charge in [0.05, 0.1) is 11.7 Å². The van der Waals surface area contributed by atoms with Crippen molar-refractivity contribution < 1.29 is 4.79 Å². The van der Waals surface area contributed by atoms with Crippen molar-refractivity contribution in [3.63, 3.8) is 0 Å². The number of hydrogen-bond acceptors (Lipinski definition) is 7. The summed E-state index contributed by atoms with van der Waals surface area (Å²) in [6, 6.07) is 13.1. The minimum Gasteiger partial charge on any atom is -0.360 e. The molecule has 146 valence electrons. The minimum atomic E-state index is -0.307. The van der Waals surface area contributed by atoms with Gasteiger partial charge in [-0.05, 0) is 18.2 Å². The van der Waals surface area contributed by atoms with E-state index in [2.05, 4.69) is 46.5 Å². The number of carbonyl (C=O) groups excluding carboxylic acids is 1. The van der Waals surface area contributed by atoms with E-state index in [1.54, 1.807) is 29.0 Å². The average molecular weight is 397 g/mol. The molecular formula is C20H24N6OS. The Bertz CT molecular complexity index is 906. The zero-order valence-corrected chi connectivity index (χ0v) is 17.0. The molecule has 1 atom stereocenters. The van der Waals surface area contributed by atoms with Crippen LogP contribution in [0.5, 0.6) is 0 Å². The number of carbonyl (C=O) groups is 1. The minimum absolute atomic E-state index is 0.0983. The number of nitrogens with one attached hydrogen (secondary N) is 2. The lowest BCUT2D eigenvalue weighted by molar-refractivity contribution is -0.108. The number of pyridine rings is 1. The highest BCUT2D eigenvalue weighted by atomic mass is 32.2. The molecule has 0 aliphatic heterocycles. The smallest absolute Gasteiger partial charge is 0.246 e. The van der Waals surface area contributed by atoms with Crippen LogP contribution in [0.4, 0.5) is 17.5 Å². The summed E-state index contributed by atoms with van der Waals surface area (Å²) in [5, 5.41) is 10.8. The first-order valence-corrected chi connectivity index (χ1v) is 9.97. The zero-order valence-electron chi connectivity index (χ0n) is 16.2. The van der Waals surface area contributed by atoms with Crippen molar-refractivity contribution in [2.75, 3.05) is 16.4 Å². The van der Waals surface area contributed by atoms with Gasteiger partial charge in [-0.15, -0.1) is 5.10 Å². The maximum absolute atomic E-state index is 11.4. The maximum atomic E-state index is 11.4. The molecule has 0 saturated carbocycles. The summed E-state index contributed by atoms with van der Waals surface area (Å²) in [6.07, 6.45) is 4.24. The molecule has 2 N–H and O–H groups in total. The van der Waals surface area contributed by atoms with Crippen LogP contribution in [-0.2, 0) is 4.79 Å². The SMILES string of the molecule is CC(C)(C)SCC(C=O)Nc1cc(-n2cnc(Nc3ccccc3)n2)ccn1. The summed E-state index contributed by atoms with van der Waals surface area (Å²) < 4.78 is 1.76. The van der Waals surface area contributed by atoms with Gasteiger partial charge in [0.25, 0.3) is 0 Å². The van der Waals surface area contributed by atoms with Gasteiger partial charge in [0.1, 0.15) is 18.4 Å². The monoisotopic (exact) mass is 396 g/mol. The fourth-order valence-corrected chi connectivity index (χ4v) is 3.22. The lowest BCUT2D eigenvalue weighted by atomic mass is 10.3. The number of anilines is 3. The summed E-state index contributed by atoms with van der Waals surface area (Å²) in [4.78, 5) is 20.0. The van der Waals surface area contributed by atoms with Crippen molar-refractivity contribution >= 4 is 35.5 Å². The molecule has 0 spiro atoms. The van der Waals surface area contributed by atoms with Crippen LogP contribution in [0.3, 0.4) is 0 Å². The molecule has 2 heterocycles. The van der Waals surface area contributed by atoms with Crippen LogP contribution in [-0.4, -0.2) is 42.6 Å². The first kappa shape index (κ1) is 19.9. The Morgan fingerprint density at radius 1 is 1.18 bits per heavy atom. The predicted molar refractivity (Wildman–Crippen MR) is 115 cm³/mol. The number of aldehydes is 1. The number of para-hydroxylation sites is 1. The van der Waals surface area contributed by atoms with E-state index in [9.17, 15) is 4.79 Å². The summed E-state index contributed by atoms with van der Waals surface area (Å²) in [5.41, 5.74) is 1.72. The average Bonchev–Trinajstić information content (AvgIpc) is 3.14. The van der Waals surface area contributed by atoms with Gasteiger partial charge in [0.2, 0.25) is 5.95 Å². The van der Waals surface area contributed by atoms with E-state index in [1.807, 2.05) is 42.5 Å². The quantitative estimate of drug-likeness (QED) is 0.558. The lowest BCUT2D eigenvalue weighted by Crippen LogP contribution is -2.26. The normalized spacial score (nSPS) is 12.4. The molecule has 0 saturated heterocycles. The second-order valence-electron chi connectivity index (χ2n) is 7.21. The first-order valence-electron chi connectivity index (χ1n) is 8.99. The highest BCUT2D eigenvalue weighted by molar-refractivity contribution is 8.00. The van der Waals surface area contributed by atoms with E-state index in [1.165, 1.54) is 0 Å². The van der Waals surface area contributed by atoms with Crippen molar-refractivity contribution in [3.05, 3.63) is 55.0 Å². The second-order valence-corrected chi connectivity index (χ2v) is 9.06. The molecule has 3 rings (SSSR count). The van der Waals surface area contributed by atoms with Crippen LogP contribution in [0.15, 0.2) is 55.0 Å². The molecule has 0 fully saturated rings. The van der Waals surface area contributed by atoms with Gasteiger partial charge >= 0.3 is 0 Å². The summed E-state index contributed by atoms with van der Waals surface area (Å²) in [5.74, 6) is 1.80. The van der Waals surface area contributed by atoms with Crippen LogP contribution in [0.25, 0.3) is 5.69 Å². The largest absolute Gasteiger partial charge is 0.360 e. The van der Waals surface area contributed by atoms with Gasteiger partial charge in [-0.25, -0.2) is 9.67 Å². The molecule has 0 amide bonds. The van der Waals surface area contributed by atoms with Crippen molar-refractivity contribution in [1.82, 2.24) is 19.7 Å². The van der Waals surface area contributed by atoms with Crippen molar-refractivity contribution in [1.29, 1.82) is 0 Å². The van der Waals surface area contributed by atoms with Crippen molar-refractivity contribution in [2.45, 2.75) is 31.6 Å². The molecule has 2 aromatic heterocycles. The Balaban J connectivity index is 1.68. The molecule has 7 nitrogen and oxygen atoms in total. The summed E-state index contributed by atoms with van der Waals surface area (Å²) >= 11 is 1.73. The highest BCUT2D eigenvalue weighted by Gasteiger charge is 2.16. The Hall–Kier alpha value is -2.87. The van der Waals surface area contributed by atoms with Gasteiger partial charge < -0.3 is 15.4 Å². The first-order chi connectivity index (χ1) is 13.4. The van der Waals surface area contributed by atoms with E-state index in [4.69, 9.17) is 0 Å². The van der Waals surface area contributed by atoms with Crippen LogP contribution in [0, 0.1) is 0 Å². The summed E-state index contributed by atoms with van der Waals surface area (Å²) in [6.45, 7) is 6.39. The third-order valence-electron chi connectivity index (χ3n) is 3.72. The van der Waals surface area contributed by atoms with E-state index in [0.717, 1.165) is 17.7 Å². The van der Waals surface area contributed by atoms with Crippen LogP contribution in [0.1, 0.15) is 20.8 Å². The Morgan fingerprint density at radius 2 is 1.96 bits per heavy atom. The fraction of sp³-hybridized carbons (Fsp3) is 0.300. The number of hydrogen-bond donors (Lipinski definition) is 2. The second kappa shape index (κ2) is 8.88. The van der Waals surface area contributed by atoms with Crippen molar-refractivity contribution in [3.8, 4) is 5.69 Å². The Kier molecular flexibility index (Phi) is 6.30. The summed E-state index contributed by atoms with van der Waals surface area (Å²) in [7, 11) is 0. The third kappa shape index (κ3) is 5.82. The van der Waals surface area contributed by atoms with Gasteiger partial charge in [0, 0.05) is 28.5 Å². The predicted octanol–water partition coefficient (Wildman–Crippen LogP) is 3.92. The number of nitrogens with zero attached hydrogens (tertiary/aromatic N) is 4. The molecular weight excluding hydrogens is 372 g/mol. The maximum Gasteiger partial charge on any atom is 0.246 e. The van der Waals surface area contributed by atoms with Crippen LogP contribution < -0.4 is 10.6 Å². The molecule has 28 heavy (non-hydrogen) atoms. The number of benzene rings is 1. The third-order valence-corrected chi connectivity index (χ3v) is 5.12. The van der Waals surface area contributed by atoms with Crippen molar-refractivity contribution in [2.24, 2.45) is 0 Å². The van der Waals surface area contributed by atoms with E-state index < -0.39 is 0 Å². The van der Waals surface area contributed by atoms with Crippen LogP contribution in [0.2, 0.25) is 0 Å². The van der Waals surface area contributed by atoms with Crippen LogP contribution >= 0.6 is 11.8 Å². The topological polar surface area (TPSA) is 84.7 Å². The number of thioether (sulfide) groups is 1. The van der Waals surface area contributed by atoms with E-state index in [-0.39, 0.29) is 10.8 Å². The standard InChI is InChI=1S/C20H24N6OS/c1-20(2,3)28-13-16(12-27)23-18-11-17(9-10-21-18)26-14-22-19(25-26)24-15-7-5-4-6-8-15/h4-12,14,16H,13H2,1-3H3,(H,21,23)(H,24,25). The molecule has 3 aromatic rings. The zero-order chi connectivity index (χ0) is 20.0. The van der Waals surface area contributed by atoms with Gasteiger partial charge in [0.15, 0.2) is 0 Å². The molecule has 0 aliphatic carbocycles. The number of rotatable bonds is 8.